The number of anilines is 1. The minimum Gasteiger partial charge on any atom is -0.346 e. The number of carbonyl (C=O) groups excluding carboxylic acids is 2. The maximum atomic E-state index is 12.0. The predicted octanol–water partition coefficient (Wildman–Crippen LogP) is 2.39. The SMILES string of the molecule is Cc1ccc(Cc2sc(NC(=O)CNC(=O)[C@@H](N)C(C)C)nc2C)cc1. The van der Waals surface area contributed by atoms with E-state index in [2.05, 4.69) is 46.8 Å². The number of aryl methyl sites for hydroxylation is 2. The highest BCUT2D eigenvalue weighted by Gasteiger charge is 2.18. The Morgan fingerprint density at radius 2 is 1.85 bits per heavy atom. The standard InChI is InChI=1S/C19H26N4O2S/c1-11(2)17(20)18(25)21-10-16(24)23-19-22-13(4)15(26-19)9-14-7-5-12(3)6-8-14/h5-8,11,17H,9-10,20H2,1-4H3,(H,21,25)(H,22,23,24)/t17-/m0/s1. The Morgan fingerprint density at radius 1 is 1.19 bits per heavy atom. The second-order valence-corrected chi connectivity index (χ2v) is 7.81. The molecule has 7 heteroatoms. The summed E-state index contributed by atoms with van der Waals surface area (Å²) in [5, 5.41) is 5.82. The fourth-order valence-electron chi connectivity index (χ4n) is 2.29. The molecule has 4 N–H and O–H groups in total. The van der Waals surface area contributed by atoms with E-state index < -0.39 is 6.04 Å². The molecule has 2 aromatic rings. The Bertz CT molecular complexity index is 768. The van der Waals surface area contributed by atoms with Crippen LogP contribution in [0.1, 0.15) is 35.5 Å². The normalized spacial score (nSPS) is 12.1. The summed E-state index contributed by atoms with van der Waals surface area (Å²) in [6, 6.07) is 7.74. The largest absolute Gasteiger partial charge is 0.346 e. The second-order valence-electron chi connectivity index (χ2n) is 6.73. The molecule has 0 aliphatic carbocycles. The van der Waals surface area contributed by atoms with E-state index in [0.29, 0.717) is 5.13 Å². The molecule has 0 fully saturated rings. The van der Waals surface area contributed by atoms with E-state index in [1.54, 1.807) is 0 Å². The van der Waals surface area contributed by atoms with Crippen molar-refractivity contribution in [2.75, 3.05) is 11.9 Å². The number of nitrogens with two attached hydrogens (primary N) is 1. The van der Waals surface area contributed by atoms with Crippen LogP contribution in [0, 0.1) is 19.8 Å². The number of thiazole rings is 1. The first-order chi connectivity index (χ1) is 12.3. The summed E-state index contributed by atoms with van der Waals surface area (Å²) in [4.78, 5) is 29.3. The number of aromatic nitrogens is 1. The lowest BCUT2D eigenvalue weighted by atomic mass is 10.1. The lowest BCUT2D eigenvalue weighted by Crippen LogP contribution is -2.46. The molecule has 1 atom stereocenters. The average molecular weight is 375 g/mol. The van der Waals surface area contributed by atoms with Gasteiger partial charge in [0, 0.05) is 11.3 Å². The van der Waals surface area contributed by atoms with Crippen molar-refractivity contribution >= 4 is 28.3 Å². The summed E-state index contributed by atoms with van der Waals surface area (Å²) < 4.78 is 0. The van der Waals surface area contributed by atoms with Crippen LogP contribution >= 0.6 is 11.3 Å². The van der Waals surface area contributed by atoms with Gasteiger partial charge < -0.3 is 16.4 Å². The molecule has 26 heavy (non-hydrogen) atoms. The maximum absolute atomic E-state index is 12.0. The van der Waals surface area contributed by atoms with Gasteiger partial charge in [0.2, 0.25) is 11.8 Å². The highest BCUT2D eigenvalue weighted by molar-refractivity contribution is 7.15. The smallest absolute Gasteiger partial charge is 0.245 e. The van der Waals surface area contributed by atoms with E-state index in [1.807, 2.05) is 20.8 Å². The Labute approximate surface area is 158 Å². The molecule has 1 aromatic carbocycles. The quantitative estimate of drug-likeness (QED) is 0.693. The number of hydrogen-bond acceptors (Lipinski definition) is 5. The number of carbonyl (C=O) groups is 2. The molecule has 0 aliphatic heterocycles. The topological polar surface area (TPSA) is 97.1 Å². The molecule has 2 rings (SSSR count). The van der Waals surface area contributed by atoms with Crippen LogP contribution in [0.3, 0.4) is 0 Å². The van der Waals surface area contributed by atoms with E-state index >= 15 is 0 Å². The first-order valence-corrected chi connectivity index (χ1v) is 9.43. The summed E-state index contributed by atoms with van der Waals surface area (Å²) in [5.41, 5.74) is 9.08. The first-order valence-electron chi connectivity index (χ1n) is 8.61. The summed E-state index contributed by atoms with van der Waals surface area (Å²) >= 11 is 1.45. The van der Waals surface area contributed by atoms with Crippen LogP contribution in [0.5, 0.6) is 0 Å². The van der Waals surface area contributed by atoms with Crippen LogP contribution in [-0.4, -0.2) is 29.4 Å². The predicted molar refractivity (Wildman–Crippen MR) is 105 cm³/mol. The van der Waals surface area contributed by atoms with Crippen LogP contribution in [0.4, 0.5) is 5.13 Å². The highest BCUT2D eigenvalue weighted by Crippen LogP contribution is 2.25. The zero-order valence-electron chi connectivity index (χ0n) is 15.6. The van der Waals surface area contributed by atoms with Gasteiger partial charge >= 0.3 is 0 Å². The van der Waals surface area contributed by atoms with Gasteiger partial charge in [-0.3, -0.25) is 9.59 Å². The van der Waals surface area contributed by atoms with Crippen molar-refractivity contribution < 1.29 is 9.59 Å². The van der Waals surface area contributed by atoms with E-state index in [0.717, 1.165) is 17.0 Å². The Hall–Kier alpha value is -2.25. The molecule has 0 aliphatic rings. The van der Waals surface area contributed by atoms with Crippen LogP contribution in [0.2, 0.25) is 0 Å². The van der Waals surface area contributed by atoms with Crippen molar-refractivity contribution in [2.24, 2.45) is 11.7 Å². The third kappa shape index (κ3) is 5.64. The van der Waals surface area contributed by atoms with Crippen molar-refractivity contribution in [3.05, 3.63) is 46.0 Å². The molecule has 140 valence electrons. The second kappa shape index (κ2) is 8.91. The summed E-state index contributed by atoms with van der Waals surface area (Å²) in [5.74, 6) is -0.625. The number of rotatable bonds is 7. The molecule has 0 spiro atoms. The maximum Gasteiger partial charge on any atom is 0.245 e. The average Bonchev–Trinajstić information content (AvgIpc) is 2.93. The van der Waals surface area contributed by atoms with E-state index in [-0.39, 0.29) is 24.3 Å². The van der Waals surface area contributed by atoms with Gasteiger partial charge in [0.15, 0.2) is 5.13 Å². The molecule has 0 radical (unpaired) electrons. The summed E-state index contributed by atoms with van der Waals surface area (Å²) in [6.45, 7) is 7.59. The minimum absolute atomic E-state index is 0.0176. The van der Waals surface area contributed by atoms with Gasteiger partial charge in [-0.1, -0.05) is 43.7 Å². The number of benzene rings is 1. The molecule has 0 saturated heterocycles. The molecular weight excluding hydrogens is 348 g/mol. The molecule has 1 aromatic heterocycles. The summed E-state index contributed by atoms with van der Waals surface area (Å²) in [6.07, 6.45) is 0.777. The van der Waals surface area contributed by atoms with Gasteiger partial charge in [-0.25, -0.2) is 4.98 Å². The third-order valence-electron chi connectivity index (χ3n) is 4.07. The van der Waals surface area contributed by atoms with Gasteiger partial charge in [-0.05, 0) is 25.3 Å². The van der Waals surface area contributed by atoms with Crippen molar-refractivity contribution in [1.82, 2.24) is 10.3 Å². The van der Waals surface area contributed by atoms with E-state index in [9.17, 15) is 9.59 Å². The minimum atomic E-state index is -0.619. The fourth-order valence-corrected chi connectivity index (χ4v) is 3.30. The van der Waals surface area contributed by atoms with E-state index in [4.69, 9.17) is 5.73 Å². The van der Waals surface area contributed by atoms with Crippen LogP contribution in [-0.2, 0) is 16.0 Å². The number of amides is 2. The van der Waals surface area contributed by atoms with Crippen molar-refractivity contribution in [2.45, 2.75) is 40.2 Å². The van der Waals surface area contributed by atoms with Gasteiger partial charge in [0.1, 0.15) is 0 Å². The zero-order chi connectivity index (χ0) is 19.3. The fraction of sp³-hybridized carbons (Fsp3) is 0.421. The van der Waals surface area contributed by atoms with Crippen LogP contribution < -0.4 is 16.4 Å². The van der Waals surface area contributed by atoms with Gasteiger partial charge in [-0.2, -0.15) is 0 Å². The number of hydrogen-bond donors (Lipinski definition) is 3. The highest BCUT2D eigenvalue weighted by atomic mass is 32.1. The molecule has 2 amide bonds. The number of nitrogens with one attached hydrogen (secondary N) is 2. The third-order valence-corrected chi connectivity index (χ3v) is 5.14. The monoisotopic (exact) mass is 374 g/mol. The van der Waals surface area contributed by atoms with Gasteiger partial charge in [-0.15, -0.1) is 11.3 Å². The van der Waals surface area contributed by atoms with Gasteiger partial charge in [0.05, 0.1) is 18.3 Å². The Kier molecular flexibility index (Phi) is 6.88. The lowest BCUT2D eigenvalue weighted by molar-refractivity contribution is -0.125. The van der Waals surface area contributed by atoms with E-state index in [1.165, 1.54) is 22.5 Å². The Balaban J connectivity index is 1.91. The molecule has 0 unspecified atom stereocenters. The first kappa shape index (κ1) is 20.1. The molecular formula is C19H26N4O2S. The zero-order valence-corrected chi connectivity index (χ0v) is 16.4. The van der Waals surface area contributed by atoms with Crippen molar-refractivity contribution in [3.8, 4) is 0 Å². The molecule has 6 nitrogen and oxygen atoms in total. The van der Waals surface area contributed by atoms with Crippen molar-refractivity contribution in [3.63, 3.8) is 0 Å². The lowest BCUT2D eigenvalue weighted by Gasteiger charge is -2.14. The summed E-state index contributed by atoms with van der Waals surface area (Å²) in [7, 11) is 0. The molecule has 0 saturated carbocycles. The van der Waals surface area contributed by atoms with Crippen LogP contribution in [0.15, 0.2) is 24.3 Å². The number of nitrogens with zero attached hydrogens (tertiary/aromatic N) is 1. The van der Waals surface area contributed by atoms with Gasteiger partial charge in [0.25, 0.3) is 0 Å². The molecule has 1 heterocycles. The van der Waals surface area contributed by atoms with Crippen LogP contribution in [0.25, 0.3) is 0 Å². The van der Waals surface area contributed by atoms with Crippen molar-refractivity contribution in [1.29, 1.82) is 0 Å². The Morgan fingerprint density at radius 3 is 2.46 bits per heavy atom. The molecule has 0 bridgehead atoms.